The molecule has 0 aromatic heterocycles. The zero-order valence-corrected chi connectivity index (χ0v) is 11.5. The lowest BCUT2D eigenvalue weighted by Crippen LogP contribution is -2.31. The fourth-order valence-corrected chi connectivity index (χ4v) is 1.20. The minimum Gasteiger partial charge on any atom is -0.466 e. The van der Waals surface area contributed by atoms with Crippen molar-refractivity contribution in [2.24, 2.45) is 0 Å². The van der Waals surface area contributed by atoms with Crippen molar-refractivity contribution in [1.29, 1.82) is 0 Å². The van der Waals surface area contributed by atoms with Gasteiger partial charge in [0.15, 0.2) is 0 Å². The number of carbonyl (C=O) groups excluding carboxylic acids is 2. The Morgan fingerprint density at radius 1 is 1.12 bits per heavy atom. The number of esters is 2. The molecule has 1 unspecified atom stereocenters. The van der Waals surface area contributed by atoms with Gasteiger partial charge in [-0.05, 0) is 20.8 Å². The van der Waals surface area contributed by atoms with Gasteiger partial charge in [-0.3, -0.25) is 9.59 Å². The van der Waals surface area contributed by atoms with E-state index in [0.717, 1.165) is 0 Å². The molecule has 0 rings (SSSR count). The first kappa shape index (κ1) is 18.6. The molecular weight excluding hydrogens is 246 g/mol. The molecule has 17 heavy (non-hydrogen) atoms. The highest BCUT2D eigenvalue weighted by Gasteiger charge is 2.09. The highest BCUT2D eigenvalue weighted by Crippen LogP contribution is 1.94. The number of rotatable bonds is 8. The van der Waals surface area contributed by atoms with E-state index in [2.05, 4.69) is 5.32 Å². The van der Waals surface area contributed by atoms with E-state index in [1.54, 1.807) is 13.8 Å². The average molecular weight is 268 g/mol. The number of nitrogens with one attached hydrogen (secondary N) is 1. The van der Waals surface area contributed by atoms with Crippen molar-refractivity contribution in [3.8, 4) is 0 Å². The lowest BCUT2D eigenvalue weighted by atomic mass is 10.2. The van der Waals surface area contributed by atoms with E-state index in [1.807, 2.05) is 6.92 Å². The molecule has 0 spiro atoms. The molecule has 0 aliphatic carbocycles. The fraction of sp³-hybridized carbons (Fsp3) is 0.818. The summed E-state index contributed by atoms with van der Waals surface area (Å²) in [6.45, 7) is 6.73. The topological polar surface area (TPSA) is 64.6 Å². The van der Waals surface area contributed by atoms with Gasteiger partial charge < -0.3 is 14.8 Å². The first-order valence-electron chi connectivity index (χ1n) is 5.64. The SMILES string of the molecule is CCOC(=O)CCNC(C)CC(=O)OCC.Cl. The van der Waals surface area contributed by atoms with Gasteiger partial charge in [0, 0.05) is 12.6 Å². The highest BCUT2D eigenvalue weighted by atomic mass is 35.5. The smallest absolute Gasteiger partial charge is 0.307 e. The Morgan fingerprint density at radius 2 is 1.65 bits per heavy atom. The summed E-state index contributed by atoms with van der Waals surface area (Å²) in [7, 11) is 0. The summed E-state index contributed by atoms with van der Waals surface area (Å²) in [5, 5.41) is 3.06. The predicted octanol–water partition coefficient (Wildman–Crippen LogP) is 1.29. The molecule has 0 fully saturated rings. The molecule has 1 N–H and O–H groups in total. The Labute approximate surface area is 109 Å². The molecular formula is C11H22ClNO4. The lowest BCUT2D eigenvalue weighted by Gasteiger charge is -2.12. The van der Waals surface area contributed by atoms with E-state index in [1.165, 1.54) is 0 Å². The molecule has 5 nitrogen and oxygen atoms in total. The maximum atomic E-state index is 11.1. The summed E-state index contributed by atoms with van der Waals surface area (Å²) in [5.41, 5.74) is 0. The molecule has 0 aromatic rings. The van der Waals surface area contributed by atoms with E-state index in [9.17, 15) is 9.59 Å². The Balaban J connectivity index is 0. The van der Waals surface area contributed by atoms with Gasteiger partial charge in [-0.25, -0.2) is 0 Å². The van der Waals surface area contributed by atoms with Gasteiger partial charge in [-0.15, -0.1) is 12.4 Å². The molecule has 0 aromatic carbocycles. The zero-order chi connectivity index (χ0) is 12.4. The van der Waals surface area contributed by atoms with Gasteiger partial charge in [0.1, 0.15) is 0 Å². The third kappa shape index (κ3) is 11.5. The zero-order valence-electron chi connectivity index (χ0n) is 10.7. The highest BCUT2D eigenvalue weighted by molar-refractivity contribution is 5.85. The van der Waals surface area contributed by atoms with Crippen LogP contribution >= 0.6 is 12.4 Å². The van der Waals surface area contributed by atoms with E-state index < -0.39 is 0 Å². The number of hydrogen-bond donors (Lipinski definition) is 1. The maximum absolute atomic E-state index is 11.1. The minimum absolute atomic E-state index is 0. The van der Waals surface area contributed by atoms with Crippen LogP contribution in [0.1, 0.15) is 33.6 Å². The van der Waals surface area contributed by atoms with Crippen LogP contribution in [0.2, 0.25) is 0 Å². The van der Waals surface area contributed by atoms with Crippen molar-refractivity contribution in [2.45, 2.75) is 39.7 Å². The minimum atomic E-state index is -0.224. The summed E-state index contributed by atoms with van der Waals surface area (Å²) in [6, 6.07) is 0.00785. The van der Waals surface area contributed by atoms with Crippen LogP contribution in [-0.2, 0) is 19.1 Å². The fourth-order valence-electron chi connectivity index (χ4n) is 1.20. The van der Waals surface area contributed by atoms with Crippen molar-refractivity contribution >= 4 is 24.3 Å². The normalized spacial score (nSPS) is 11.2. The molecule has 102 valence electrons. The number of ether oxygens (including phenoxy) is 2. The van der Waals surface area contributed by atoms with Crippen LogP contribution < -0.4 is 5.32 Å². The van der Waals surface area contributed by atoms with E-state index >= 15 is 0 Å². The third-order valence-corrected chi connectivity index (χ3v) is 1.91. The Kier molecular flexibility index (Phi) is 12.7. The molecule has 0 radical (unpaired) electrons. The first-order valence-corrected chi connectivity index (χ1v) is 5.64. The van der Waals surface area contributed by atoms with Crippen molar-refractivity contribution in [2.75, 3.05) is 19.8 Å². The lowest BCUT2D eigenvalue weighted by molar-refractivity contribution is -0.143. The van der Waals surface area contributed by atoms with Crippen LogP contribution in [0.5, 0.6) is 0 Å². The quantitative estimate of drug-likeness (QED) is 0.672. The summed E-state index contributed by atoms with van der Waals surface area (Å²) in [4.78, 5) is 22.1. The van der Waals surface area contributed by atoms with Gasteiger partial charge in [-0.2, -0.15) is 0 Å². The third-order valence-electron chi connectivity index (χ3n) is 1.91. The van der Waals surface area contributed by atoms with Crippen LogP contribution in [0.4, 0.5) is 0 Å². The van der Waals surface area contributed by atoms with E-state index in [0.29, 0.717) is 32.6 Å². The molecule has 0 heterocycles. The largest absolute Gasteiger partial charge is 0.466 e. The Hall–Kier alpha value is -0.810. The second-order valence-electron chi connectivity index (χ2n) is 3.42. The maximum Gasteiger partial charge on any atom is 0.307 e. The summed E-state index contributed by atoms with van der Waals surface area (Å²) >= 11 is 0. The van der Waals surface area contributed by atoms with Crippen LogP contribution in [0.25, 0.3) is 0 Å². The van der Waals surface area contributed by atoms with Gasteiger partial charge >= 0.3 is 11.9 Å². The number of hydrogen-bond acceptors (Lipinski definition) is 5. The molecule has 0 aliphatic heterocycles. The van der Waals surface area contributed by atoms with Crippen LogP contribution in [0, 0.1) is 0 Å². The number of carbonyl (C=O) groups is 2. The molecule has 0 aliphatic rings. The van der Waals surface area contributed by atoms with Crippen molar-refractivity contribution in [3.05, 3.63) is 0 Å². The summed E-state index contributed by atoms with van der Waals surface area (Å²) in [6.07, 6.45) is 0.637. The molecule has 0 amide bonds. The summed E-state index contributed by atoms with van der Waals surface area (Å²) < 4.78 is 9.58. The summed E-state index contributed by atoms with van der Waals surface area (Å²) in [5.74, 6) is -0.447. The first-order chi connectivity index (χ1) is 7.60. The van der Waals surface area contributed by atoms with Crippen molar-refractivity contribution < 1.29 is 19.1 Å². The standard InChI is InChI=1S/C11H21NO4.ClH/c1-4-15-10(13)6-7-12-9(3)8-11(14)16-5-2;/h9,12H,4-8H2,1-3H3;1H. The second-order valence-corrected chi connectivity index (χ2v) is 3.42. The van der Waals surface area contributed by atoms with Crippen LogP contribution in [0.3, 0.4) is 0 Å². The van der Waals surface area contributed by atoms with Crippen LogP contribution in [-0.4, -0.2) is 37.7 Å². The second kappa shape index (κ2) is 11.7. The molecule has 6 heteroatoms. The van der Waals surface area contributed by atoms with Gasteiger partial charge in [0.25, 0.3) is 0 Å². The van der Waals surface area contributed by atoms with Crippen molar-refractivity contribution in [3.63, 3.8) is 0 Å². The van der Waals surface area contributed by atoms with Crippen LogP contribution in [0.15, 0.2) is 0 Å². The van der Waals surface area contributed by atoms with E-state index in [-0.39, 0.29) is 30.4 Å². The molecule has 1 atom stereocenters. The molecule has 0 saturated carbocycles. The molecule has 0 saturated heterocycles. The van der Waals surface area contributed by atoms with Gasteiger partial charge in [0.05, 0.1) is 26.1 Å². The Bertz CT molecular complexity index is 224. The Morgan fingerprint density at radius 3 is 2.18 bits per heavy atom. The van der Waals surface area contributed by atoms with E-state index in [4.69, 9.17) is 9.47 Å². The average Bonchev–Trinajstić information content (AvgIpc) is 2.18. The van der Waals surface area contributed by atoms with Gasteiger partial charge in [0.2, 0.25) is 0 Å². The monoisotopic (exact) mass is 267 g/mol. The molecule has 0 bridgehead atoms. The van der Waals surface area contributed by atoms with Crippen molar-refractivity contribution in [1.82, 2.24) is 5.32 Å². The van der Waals surface area contributed by atoms with Gasteiger partial charge in [-0.1, -0.05) is 0 Å². The predicted molar refractivity (Wildman–Crippen MR) is 67.2 cm³/mol. The number of halogens is 1.